The van der Waals surface area contributed by atoms with Gasteiger partial charge in [-0.3, -0.25) is 0 Å². The number of nitriles is 2. The number of carboxylic acid groups (broad SMARTS) is 2. The minimum atomic E-state index is -1.27. The third-order valence-electron chi connectivity index (χ3n) is 2.51. The van der Waals surface area contributed by atoms with Crippen LogP contribution in [0.5, 0.6) is 0 Å². The monoisotopic (exact) mass is 402 g/mol. The van der Waals surface area contributed by atoms with E-state index in [2.05, 4.69) is 10.2 Å². The molecule has 0 aliphatic rings. The van der Waals surface area contributed by atoms with Gasteiger partial charge in [0.2, 0.25) is 0 Å². The normalized spacial score (nSPS) is 15.8. The summed E-state index contributed by atoms with van der Waals surface area (Å²) < 4.78 is 0. The predicted octanol–water partition coefficient (Wildman–Crippen LogP) is 0.528. The molecule has 4 unspecified atom stereocenters. The quantitative estimate of drug-likeness (QED) is 0.448. The minimum absolute atomic E-state index is 0. The molecule has 0 aromatic carbocycles. The maximum atomic E-state index is 10.9. The molecule has 0 spiro atoms. The van der Waals surface area contributed by atoms with Gasteiger partial charge in [0.15, 0.2) is 12.1 Å². The molecule has 0 aliphatic carbocycles. The third-order valence-corrected chi connectivity index (χ3v) is 2.51. The maximum absolute atomic E-state index is 10.9. The van der Waals surface area contributed by atoms with Gasteiger partial charge in [0.1, 0.15) is 0 Å². The molecule has 114 valence electrons. The van der Waals surface area contributed by atoms with Crippen molar-refractivity contribution in [3.8, 4) is 12.1 Å². The Morgan fingerprint density at radius 2 is 1.24 bits per heavy atom. The van der Waals surface area contributed by atoms with Crippen LogP contribution in [0, 0.1) is 34.5 Å². The summed E-state index contributed by atoms with van der Waals surface area (Å²) in [4.78, 5) is 21.9. The summed E-state index contributed by atoms with van der Waals surface area (Å²) in [5, 5.41) is 42.2. The van der Waals surface area contributed by atoms with E-state index in [0.717, 1.165) is 0 Å². The fourth-order valence-corrected chi connectivity index (χ4v) is 1.33. The number of rotatable bonds is 8. The Labute approximate surface area is 139 Å². The number of carboxylic acids is 2. The molecule has 0 aromatic heterocycles. The zero-order chi connectivity index (χ0) is 15.7. The second-order valence-electron chi connectivity index (χ2n) is 4.47. The predicted molar refractivity (Wildman–Crippen MR) is 75.0 cm³/mol. The van der Waals surface area contributed by atoms with Crippen molar-refractivity contribution in [2.45, 2.75) is 38.8 Å². The van der Waals surface area contributed by atoms with Crippen molar-refractivity contribution in [1.29, 1.82) is 10.5 Å². The van der Waals surface area contributed by atoms with E-state index in [1.54, 1.807) is 0 Å². The Morgan fingerprint density at radius 1 is 0.952 bits per heavy atom. The van der Waals surface area contributed by atoms with Crippen LogP contribution in [0.25, 0.3) is 0 Å². The van der Waals surface area contributed by atoms with E-state index in [1.807, 2.05) is 12.1 Å². The van der Waals surface area contributed by atoms with Crippen molar-refractivity contribution in [2.24, 2.45) is 22.1 Å². The first-order valence-corrected chi connectivity index (χ1v) is 5.96. The van der Waals surface area contributed by atoms with Gasteiger partial charge >= 0.3 is 35.8 Å². The number of azo groups is 1. The Morgan fingerprint density at radius 3 is 1.43 bits per heavy atom. The number of hydrogen-bond donors (Lipinski definition) is 2. The third kappa shape index (κ3) is 8.97. The van der Waals surface area contributed by atoms with Crippen LogP contribution in [0.2, 0.25) is 0 Å². The van der Waals surface area contributed by atoms with E-state index in [-0.39, 0.29) is 36.7 Å². The molecule has 8 nitrogen and oxygen atoms in total. The van der Waals surface area contributed by atoms with E-state index in [4.69, 9.17) is 20.7 Å². The van der Waals surface area contributed by atoms with Crippen LogP contribution >= 0.6 is 0 Å². The van der Waals surface area contributed by atoms with E-state index >= 15 is 0 Å². The van der Waals surface area contributed by atoms with Crippen LogP contribution in [0.4, 0.5) is 0 Å². The summed E-state index contributed by atoms with van der Waals surface area (Å²) in [5.41, 5.74) is 0. The van der Waals surface area contributed by atoms with Crippen molar-refractivity contribution in [3.63, 3.8) is 0 Å². The van der Waals surface area contributed by atoms with E-state index in [1.165, 1.54) is 13.8 Å². The van der Waals surface area contributed by atoms with Crippen molar-refractivity contribution in [3.05, 3.63) is 0 Å². The molecule has 9 heteroatoms. The fraction of sp³-hybridized carbons (Fsp3) is 0.667. The molecule has 0 amide bonds. The number of carbonyl (C=O) groups is 2. The van der Waals surface area contributed by atoms with Gasteiger partial charge in [-0.2, -0.15) is 20.8 Å². The Balaban J connectivity index is 0. The molecule has 0 rings (SSSR count). The van der Waals surface area contributed by atoms with Gasteiger partial charge < -0.3 is 10.2 Å². The molecular formula is C12H18N4O4Sn. The first kappa shape index (κ1) is 21.6. The summed E-state index contributed by atoms with van der Waals surface area (Å²) in [7, 11) is 0. The van der Waals surface area contributed by atoms with E-state index in [9.17, 15) is 9.59 Å². The molecule has 0 heterocycles. The molecular weight excluding hydrogens is 383 g/mol. The van der Waals surface area contributed by atoms with Gasteiger partial charge in [-0.15, -0.1) is 0 Å². The number of hydrogen-bond acceptors (Lipinski definition) is 6. The zero-order valence-electron chi connectivity index (χ0n) is 11.9. The molecule has 0 bridgehead atoms. The van der Waals surface area contributed by atoms with Crippen molar-refractivity contribution in [2.75, 3.05) is 0 Å². The second kappa shape index (κ2) is 11.0. The summed E-state index contributed by atoms with van der Waals surface area (Å²) in [6, 6.07) is 1.23. The molecule has 2 N–H and O–H groups in total. The van der Waals surface area contributed by atoms with Crippen LogP contribution in [0.3, 0.4) is 0 Å². The molecule has 0 saturated heterocycles. The molecule has 0 aromatic rings. The molecule has 0 aliphatic heterocycles. The van der Waals surface area contributed by atoms with Gasteiger partial charge in [0.05, 0.1) is 12.1 Å². The molecule has 2 radical (unpaired) electrons. The number of nitrogens with zero attached hydrogens (tertiary/aromatic N) is 4. The molecule has 4 atom stereocenters. The first-order valence-electron chi connectivity index (χ1n) is 5.96. The molecule has 0 saturated carbocycles. The van der Waals surface area contributed by atoms with Crippen molar-refractivity contribution in [1.82, 2.24) is 0 Å². The summed E-state index contributed by atoms with van der Waals surface area (Å²) in [5.74, 6) is -3.60. The first-order chi connectivity index (χ1) is 9.31. The standard InChI is InChI=1S/C12H16N4O4.Sn.2H/c1-7(5-13)3-9(11(17)18)15-16-10(12(19)20)4-8(2)6-14;;;/h7-10H,3-4H2,1-2H3,(H,17,18)(H,19,20);;;. The zero-order valence-corrected chi connectivity index (χ0v) is 16.0. The molecule has 0 fully saturated rings. The van der Waals surface area contributed by atoms with Gasteiger partial charge in [-0.25, -0.2) is 9.59 Å². The van der Waals surface area contributed by atoms with Crippen LogP contribution in [-0.4, -0.2) is 58.1 Å². The average Bonchev–Trinajstić information content (AvgIpc) is 2.40. The molecule has 21 heavy (non-hydrogen) atoms. The van der Waals surface area contributed by atoms with Gasteiger partial charge in [0.25, 0.3) is 0 Å². The fourth-order valence-electron chi connectivity index (χ4n) is 1.33. The Bertz CT molecular complexity index is 427. The summed E-state index contributed by atoms with van der Waals surface area (Å²) in [6.45, 7) is 3.08. The summed E-state index contributed by atoms with van der Waals surface area (Å²) in [6.07, 6.45) is -0.0923. The van der Waals surface area contributed by atoms with Crippen LogP contribution in [0.15, 0.2) is 10.2 Å². The van der Waals surface area contributed by atoms with Gasteiger partial charge in [-0.05, 0) is 26.7 Å². The Hall–Kier alpha value is -1.68. The summed E-state index contributed by atoms with van der Waals surface area (Å²) >= 11 is 0. The van der Waals surface area contributed by atoms with Crippen LogP contribution < -0.4 is 0 Å². The Kier molecular flexibility index (Phi) is 11.4. The van der Waals surface area contributed by atoms with Crippen LogP contribution in [-0.2, 0) is 9.59 Å². The van der Waals surface area contributed by atoms with Crippen molar-refractivity contribution >= 4 is 35.8 Å². The topological polar surface area (TPSA) is 147 Å². The van der Waals surface area contributed by atoms with E-state index < -0.39 is 35.9 Å². The average molecular weight is 401 g/mol. The van der Waals surface area contributed by atoms with Gasteiger partial charge in [-0.1, -0.05) is 0 Å². The second-order valence-corrected chi connectivity index (χ2v) is 4.47. The SMILES string of the molecule is CC(C#N)CC(N=NC(CC(C)C#N)C(=O)O)C(=O)O.[SnH2]. The van der Waals surface area contributed by atoms with Gasteiger partial charge in [0, 0.05) is 11.8 Å². The van der Waals surface area contributed by atoms with Crippen molar-refractivity contribution < 1.29 is 19.8 Å². The van der Waals surface area contributed by atoms with Crippen LogP contribution in [0.1, 0.15) is 26.7 Å². The number of aliphatic carboxylic acids is 2. The van der Waals surface area contributed by atoms with E-state index in [0.29, 0.717) is 0 Å².